The fraction of sp³-hybridized carbons (Fsp3) is 0.111. The van der Waals surface area contributed by atoms with Gasteiger partial charge in [0.05, 0.1) is 19.0 Å². The first kappa shape index (κ1) is 10.1. The molecule has 0 aliphatic carbocycles. The lowest BCUT2D eigenvalue weighted by molar-refractivity contribution is 0.0594. The van der Waals surface area contributed by atoms with Gasteiger partial charge >= 0.3 is 5.97 Å². The number of aromatic nitrogens is 4. The molecule has 0 bridgehead atoms. The van der Waals surface area contributed by atoms with Crippen molar-refractivity contribution in [3.63, 3.8) is 0 Å². The summed E-state index contributed by atoms with van der Waals surface area (Å²) in [5.41, 5.74) is 0.954. The number of nitrogens with zero attached hydrogens (tertiary/aromatic N) is 3. The second kappa shape index (κ2) is 4.39. The zero-order chi connectivity index (χ0) is 11.4. The maximum Gasteiger partial charge on any atom is 0.356 e. The van der Waals surface area contributed by atoms with Crippen LogP contribution in [0.3, 0.4) is 0 Å². The number of rotatable bonds is 3. The van der Waals surface area contributed by atoms with E-state index < -0.39 is 5.97 Å². The molecule has 0 radical (unpaired) electrons. The molecule has 82 valence electrons. The number of nitrogens with one attached hydrogen (secondary N) is 2. The van der Waals surface area contributed by atoms with E-state index in [-0.39, 0.29) is 5.69 Å². The minimum Gasteiger partial charge on any atom is -0.464 e. The molecule has 0 saturated heterocycles. The number of anilines is 2. The Morgan fingerprint density at radius 2 is 2.31 bits per heavy atom. The Morgan fingerprint density at radius 1 is 1.44 bits per heavy atom. The van der Waals surface area contributed by atoms with Crippen LogP contribution in [0.5, 0.6) is 0 Å². The highest BCUT2D eigenvalue weighted by molar-refractivity contribution is 5.87. The van der Waals surface area contributed by atoms with Gasteiger partial charge in [-0.2, -0.15) is 10.1 Å². The maximum atomic E-state index is 11.1. The predicted octanol–water partition coefficient (Wildman–Crippen LogP) is 0.730. The van der Waals surface area contributed by atoms with Gasteiger partial charge in [-0.3, -0.25) is 0 Å². The van der Waals surface area contributed by atoms with Crippen molar-refractivity contribution in [3.8, 4) is 0 Å². The monoisotopic (exact) mass is 219 g/mol. The van der Waals surface area contributed by atoms with Crippen molar-refractivity contribution in [3.05, 3.63) is 30.4 Å². The molecular weight excluding hydrogens is 210 g/mol. The Morgan fingerprint density at radius 3 is 2.88 bits per heavy atom. The largest absolute Gasteiger partial charge is 0.464 e. The second-order valence-corrected chi connectivity index (χ2v) is 2.88. The normalized spacial score (nSPS) is 9.81. The number of hydrogen-bond donors (Lipinski definition) is 2. The van der Waals surface area contributed by atoms with Crippen LogP contribution < -0.4 is 5.32 Å². The molecule has 0 amide bonds. The molecule has 2 aromatic heterocycles. The summed E-state index contributed by atoms with van der Waals surface area (Å²) in [4.78, 5) is 18.9. The van der Waals surface area contributed by atoms with E-state index in [0.29, 0.717) is 11.6 Å². The van der Waals surface area contributed by atoms with Gasteiger partial charge in [0.15, 0.2) is 0 Å². The number of carbonyl (C=O) groups excluding carboxylic acids is 1. The van der Waals surface area contributed by atoms with Gasteiger partial charge in [0, 0.05) is 0 Å². The number of carbonyl (C=O) groups is 1. The van der Waals surface area contributed by atoms with E-state index in [2.05, 4.69) is 30.2 Å². The molecule has 0 spiro atoms. The molecule has 0 unspecified atom stereocenters. The van der Waals surface area contributed by atoms with E-state index in [0.717, 1.165) is 0 Å². The number of H-pyrrole nitrogens is 1. The quantitative estimate of drug-likeness (QED) is 0.739. The topological polar surface area (TPSA) is 92.8 Å². The van der Waals surface area contributed by atoms with Crippen LogP contribution in [0.4, 0.5) is 11.6 Å². The van der Waals surface area contributed by atoms with Crippen molar-refractivity contribution in [1.29, 1.82) is 0 Å². The third kappa shape index (κ3) is 2.14. The van der Waals surface area contributed by atoms with Gasteiger partial charge in [-0.1, -0.05) is 0 Å². The molecule has 2 N–H and O–H groups in total. The van der Waals surface area contributed by atoms with Gasteiger partial charge in [0.25, 0.3) is 0 Å². The zero-order valence-electron chi connectivity index (χ0n) is 8.47. The number of methoxy groups -OCH3 is 1. The van der Waals surface area contributed by atoms with Gasteiger partial charge in [0.2, 0.25) is 5.95 Å². The van der Waals surface area contributed by atoms with E-state index in [1.165, 1.54) is 19.6 Å². The summed E-state index contributed by atoms with van der Waals surface area (Å²) >= 11 is 0. The van der Waals surface area contributed by atoms with Crippen molar-refractivity contribution < 1.29 is 9.53 Å². The molecule has 0 aliphatic rings. The summed E-state index contributed by atoms with van der Waals surface area (Å²) in [6, 6.07) is 3.26. The lowest BCUT2D eigenvalue weighted by Crippen LogP contribution is -2.04. The smallest absolute Gasteiger partial charge is 0.356 e. The SMILES string of the molecule is COC(=O)c1ccc(Nc2ncn[nH]2)cn1. The molecule has 0 aliphatic heterocycles. The van der Waals surface area contributed by atoms with Crippen LogP contribution in [0.15, 0.2) is 24.7 Å². The number of hydrogen-bond acceptors (Lipinski definition) is 6. The predicted molar refractivity (Wildman–Crippen MR) is 55.2 cm³/mol. The first-order valence-electron chi connectivity index (χ1n) is 4.46. The highest BCUT2D eigenvalue weighted by Crippen LogP contribution is 2.10. The third-order valence-electron chi connectivity index (χ3n) is 1.84. The average Bonchev–Trinajstić information content (AvgIpc) is 2.82. The Bertz CT molecular complexity index is 465. The number of pyridine rings is 1. The first-order chi connectivity index (χ1) is 7.79. The Hall–Kier alpha value is -2.44. The number of ether oxygens (including phenoxy) is 1. The van der Waals surface area contributed by atoms with Crippen LogP contribution in [0, 0.1) is 0 Å². The molecule has 7 heteroatoms. The Balaban J connectivity index is 2.10. The van der Waals surface area contributed by atoms with Gasteiger partial charge in [-0.15, -0.1) is 0 Å². The Kier molecular flexibility index (Phi) is 2.77. The van der Waals surface area contributed by atoms with Gasteiger partial charge < -0.3 is 10.1 Å². The maximum absolute atomic E-state index is 11.1. The van der Waals surface area contributed by atoms with Crippen molar-refractivity contribution in [2.75, 3.05) is 12.4 Å². The number of aromatic amines is 1. The fourth-order valence-corrected chi connectivity index (χ4v) is 1.10. The zero-order valence-corrected chi connectivity index (χ0v) is 8.47. The van der Waals surface area contributed by atoms with Gasteiger partial charge in [-0.25, -0.2) is 14.9 Å². The van der Waals surface area contributed by atoms with E-state index in [4.69, 9.17) is 0 Å². The molecule has 2 rings (SSSR count). The molecule has 2 aromatic rings. The molecule has 0 atom stereocenters. The summed E-state index contributed by atoms with van der Waals surface area (Å²) in [6.07, 6.45) is 2.90. The summed E-state index contributed by atoms with van der Waals surface area (Å²) in [5, 5.41) is 9.25. The minimum atomic E-state index is -0.466. The van der Waals surface area contributed by atoms with Crippen LogP contribution in [-0.2, 0) is 4.74 Å². The lowest BCUT2D eigenvalue weighted by atomic mass is 10.3. The Labute approximate surface area is 90.9 Å². The summed E-state index contributed by atoms with van der Waals surface area (Å²) in [5.74, 6) is 0.0406. The van der Waals surface area contributed by atoms with E-state index in [1.54, 1.807) is 12.1 Å². The van der Waals surface area contributed by atoms with E-state index >= 15 is 0 Å². The number of esters is 1. The van der Waals surface area contributed by atoms with E-state index in [9.17, 15) is 4.79 Å². The highest BCUT2D eigenvalue weighted by atomic mass is 16.5. The molecule has 16 heavy (non-hydrogen) atoms. The van der Waals surface area contributed by atoms with Gasteiger partial charge in [0.1, 0.15) is 12.0 Å². The van der Waals surface area contributed by atoms with Crippen molar-refractivity contribution in [2.24, 2.45) is 0 Å². The first-order valence-corrected chi connectivity index (χ1v) is 4.46. The van der Waals surface area contributed by atoms with Crippen molar-refractivity contribution in [1.82, 2.24) is 20.2 Å². The molecule has 7 nitrogen and oxygen atoms in total. The summed E-state index contributed by atoms with van der Waals surface area (Å²) < 4.78 is 4.53. The minimum absolute atomic E-state index is 0.255. The van der Waals surface area contributed by atoms with Crippen LogP contribution in [0.2, 0.25) is 0 Å². The lowest BCUT2D eigenvalue weighted by Gasteiger charge is -2.02. The molecule has 2 heterocycles. The van der Waals surface area contributed by atoms with E-state index in [1.807, 2.05) is 0 Å². The third-order valence-corrected chi connectivity index (χ3v) is 1.84. The van der Waals surface area contributed by atoms with Crippen LogP contribution in [-0.4, -0.2) is 33.2 Å². The van der Waals surface area contributed by atoms with Crippen LogP contribution in [0.1, 0.15) is 10.5 Å². The van der Waals surface area contributed by atoms with Crippen LogP contribution in [0.25, 0.3) is 0 Å². The average molecular weight is 219 g/mol. The standard InChI is InChI=1S/C9H9N5O2/c1-16-8(15)7-3-2-6(4-10-7)13-9-11-5-12-14-9/h2-5H,1H3,(H2,11,12,13,14). The second-order valence-electron chi connectivity index (χ2n) is 2.88. The summed E-state index contributed by atoms with van der Waals surface area (Å²) in [6.45, 7) is 0. The van der Waals surface area contributed by atoms with Crippen molar-refractivity contribution >= 4 is 17.6 Å². The molecule has 0 fully saturated rings. The fourth-order valence-electron chi connectivity index (χ4n) is 1.10. The van der Waals surface area contributed by atoms with Crippen molar-refractivity contribution in [2.45, 2.75) is 0 Å². The highest BCUT2D eigenvalue weighted by Gasteiger charge is 2.06. The van der Waals surface area contributed by atoms with Gasteiger partial charge in [-0.05, 0) is 12.1 Å². The van der Waals surface area contributed by atoms with Crippen LogP contribution >= 0.6 is 0 Å². The summed E-state index contributed by atoms with van der Waals surface area (Å²) in [7, 11) is 1.31. The molecular formula is C9H9N5O2. The molecule has 0 saturated carbocycles. The molecule has 0 aromatic carbocycles.